The molecule has 4 rings (SSSR count). The standard InChI is InChI=1S/C21H30N4O/c1-16-11-17(2)21(25-9-4-7-22-25)18(12-16)13-24-15-19-5-3-8-23(19)14-20(24)6-10-26/h4,7,9,11-12,19-20,26H,3,5-6,8,10,13-15H2,1-2H3/t19-,20+/m1/s1. The summed E-state index contributed by atoms with van der Waals surface area (Å²) in [6.07, 6.45) is 7.34. The molecular formula is C21H30N4O. The van der Waals surface area contributed by atoms with Crippen LogP contribution in [0, 0.1) is 13.8 Å². The van der Waals surface area contributed by atoms with Crippen LogP contribution in [0.1, 0.15) is 36.0 Å². The zero-order valence-electron chi connectivity index (χ0n) is 15.9. The summed E-state index contributed by atoms with van der Waals surface area (Å²) in [6.45, 7) is 8.95. The Morgan fingerprint density at radius 3 is 2.88 bits per heavy atom. The predicted octanol–water partition coefficient (Wildman–Crippen LogP) is 2.52. The third kappa shape index (κ3) is 3.43. The third-order valence-corrected chi connectivity index (χ3v) is 6.00. The summed E-state index contributed by atoms with van der Waals surface area (Å²) in [4.78, 5) is 5.23. The van der Waals surface area contributed by atoms with Gasteiger partial charge in [-0.3, -0.25) is 9.80 Å². The normalized spacial score (nSPS) is 24.1. The molecule has 1 aromatic carbocycles. The summed E-state index contributed by atoms with van der Waals surface area (Å²) < 4.78 is 2.00. The number of nitrogens with zero attached hydrogens (tertiary/aromatic N) is 4. The number of benzene rings is 1. The lowest BCUT2D eigenvalue weighted by molar-refractivity contribution is 0.0333. The Kier molecular flexibility index (Phi) is 5.11. The maximum atomic E-state index is 9.58. The van der Waals surface area contributed by atoms with E-state index in [1.54, 1.807) is 0 Å². The second-order valence-electron chi connectivity index (χ2n) is 7.93. The first-order valence-corrected chi connectivity index (χ1v) is 9.85. The second kappa shape index (κ2) is 7.51. The van der Waals surface area contributed by atoms with Crippen LogP contribution in [0.25, 0.3) is 5.69 Å². The van der Waals surface area contributed by atoms with Gasteiger partial charge in [-0.05, 0) is 56.8 Å². The minimum atomic E-state index is 0.262. The maximum Gasteiger partial charge on any atom is 0.0719 e. The number of aryl methyl sites for hydroxylation is 2. The largest absolute Gasteiger partial charge is 0.396 e. The summed E-state index contributed by atoms with van der Waals surface area (Å²) >= 11 is 0. The van der Waals surface area contributed by atoms with Crippen molar-refractivity contribution in [3.05, 3.63) is 47.3 Å². The van der Waals surface area contributed by atoms with Crippen molar-refractivity contribution in [1.29, 1.82) is 0 Å². The molecule has 2 saturated heterocycles. The summed E-state index contributed by atoms with van der Waals surface area (Å²) in [5.74, 6) is 0. The molecule has 0 spiro atoms. The smallest absolute Gasteiger partial charge is 0.0719 e. The average Bonchev–Trinajstić information content (AvgIpc) is 3.26. The number of fused-ring (bicyclic) bond motifs is 1. The maximum absolute atomic E-state index is 9.58. The first-order valence-electron chi connectivity index (χ1n) is 9.85. The number of aliphatic hydroxyl groups is 1. The molecule has 0 radical (unpaired) electrons. The van der Waals surface area contributed by atoms with E-state index in [4.69, 9.17) is 0 Å². The molecule has 2 aromatic rings. The van der Waals surface area contributed by atoms with Crippen molar-refractivity contribution in [2.24, 2.45) is 0 Å². The molecule has 26 heavy (non-hydrogen) atoms. The van der Waals surface area contributed by atoms with Crippen molar-refractivity contribution >= 4 is 0 Å². The van der Waals surface area contributed by atoms with E-state index in [1.165, 1.54) is 41.8 Å². The Hall–Kier alpha value is -1.69. The van der Waals surface area contributed by atoms with Crippen molar-refractivity contribution in [2.75, 3.05) is 26.2 Å². The SMILES string of the molecule is Cc1cc(C)c(-n2cccn2)c(CN2C[C@H]3CCCN3C[C@@H]2CCO)c1. The molecule has 0 aliphatic carbocycles. The molecule has 0 saturated carbocycles. The van der Waals surface area contributed by atoms with Crippen LogP contribution in [0.4, 0.5) is 0 Å². The monoisotopic (exact) mass is 354 g/mol. The fraction of sp³-hybridized carbons (Fsp3) is 0.571. The van der Waals surface area contributed by atoms with Crippen LogP contribution in [0.5, 0.6) is 0 Å². The van der Waals surface area contributed by atoms with Gasteiger partial charge in [-0.1, -0.05) is 17.7 Å². The Morgan fingerprint density at radius 1 is 1.23 bits per heavy atom. The van der Waals surface area contributed by atoms with Gasteiger partial charge in [0.25, 0.3) is 0 Å². The molecule has 0 bridgehead atoms. The van der Waals surface area contributed by atoms with Crippen LogP contribution in [0.15, 0.2) is 30.6 Å². The molecule has 2 atom stereocenters. The predicted molar refractivity (Wildman–Crippen MR) is 104 cm³/mol. The molecule has 5 heteroatoms. The first-order chi connectivity index (χ1) is 12.7. The number of hydrogen-bond donors (Lipinski definition) is 1. The summed E-state index contributed by atoms with van der Waals surface area (Å²) in [7, 11) is 0. The van der Waals surface area contributed by atoms with Gasteiger partial charge in [-0.15, -0.1) is 0 Å². The molecule has 2 aliphatic heterocycles. The van der Waals surface area contributed by atoms with E-state index < -0.39 is 0 Å². The van der Waals surface area contributed by atoms with E-state index in [9.17, 15) is 5.11 Å². The molecule has 5 nitrogen and oxygen atoms in total. The topological polar surface area (TPSA) is 44.5 Å². The molecule has 1 N–H and O–H groups in total. The van der Waals surface area contributed by atoms with Crippen LogP contribution < -0.4 is 0 Å². The van der Waals surface area contributed by atoms with Crippen molar-refractivity contribution in [2.45, 2.75) is 51.7 Å². The molecule has 2 aliphatic rings. The zero-order chi connectivity index (χ0) is 18.1. The van der Waals surface area contributed by atoms with Gasteiger partial charge in [0.05, 0.1) is 5.69 Å². The van der Waals surface area contributed by atoms with E-state index in [0.717, 1.165) is 26.1 Å². The lowest BCUT2D eigenvalue weighted by atomic mass is 10.00. The van der Waals surface area contributed by atoms with E-state index in [-0.39, 0.29) is 6.61 Å². The van der Waals surface area contributed by atoms with Gasteiger partial charge in [0.15, 0.2) is 0 Å². The highest BCUT2D eigenvalue weighted by atomic mass is 16.3. The second-order valence-corrected chi connectivity index (χ2v) is 7.93. The van der Waals surface area contributed by atoms with E-state index in [2.05, 4.69) is 40.9 Å². The highest BCUT2D eigenvalue weighted by Gasteiger charge is 2.36. The number of piperazine rings is 1. The molecule has 3 heterocycles. The number of rotatable bonds is 5. The Balaban J connectivity index is 1.65. The Labute approximate surface area is 156 Å². The summed E-state index contributed by atoms with van der Waals surface area (Å²) in [6, 6.07) is 7.64. The van der Waals surface area contributed by atoms with E-state index >= 15 is 0 Å². The van der Waals surface area contributed by atoms with Gasteiger partial charge in [0.2, 0.25) is 0 Å². The highest BCUT2D eigenvalue weighted by molar-refractivity contribution is 5.49. The molecular weight excluding hydrogens is 324 g/mol. The average molecular weight is 354 g/mol. The van der Waals surface area contributed by atoms with Crippen molar-refractivity contribution < 1.29 is 5.11 Å². The third-order valence-electron chi connectivity index (χ3n) is 6.00. The van der Waals surface area contributed by atoms with Crippen molar-refractivity contribution in [1.82, 2.24) is 19.6 Å². The van der Waals surface area contributed by atoms with Crippen LogP contribution in [0.3, 0.4) is 0 Å². The minimum Gasteiger partial charge on any atom is -0.396 e. The van der Waals surface area contributed by atoms with Gasteiger partial charge in [-0.25, -0.2) is 4.68 Å². The van der Waals surface area contributed by atoms with Crippen LogP contribution in [0.2, 0.25) is 0 Å². The summed E-state index contributed by atoms with van der Waals surface area (Å²) in [5, 5.41) is 14.1. The van der Waals surface area contributed by atoms with E-state index in [0.29, 0.717) is 12.1 Å². The van der Waals surface area contributed by atoms with Gasteiger partial charge in [-0.2, -0.15) is 5.10 Å². The fourth-order valence-electron chi connectivity index (χ4n) is 4.88. The van der Waals surface area contributed by atoms with E-state index in [1.807, 2.05) is 23.1 Å². The number of aromatic nitrogens is 2. The quantitative estimate of drug-likeness (QED) is 0.896. The van der Waals surface area contributed by atoms with Gasteiger partial charge >= 0.3 is 0 Å². The Bertz CT molecular complexity index is 743. The van der Waals surface area contributed by atoms with Crippen LogP contribution in [-0.2, 0) is 6.54 Å². The molecule has 1 aromatic heterocycles. The van der Waals surface area contributed by atoms with Gasteiger partial charge < -0.3 is 5.11 Å². The zero-order valence-corrected chi connectivity index (χ0v) is 15.9. The van der Waals surface area contributed by atoms with Gasteiger partial charge in [0.1, 0.15) is 0 Å². The van der Waals surface area contributed by atoms with Gasteiger partial charge in [0, 0.05) is 50.7 Å². The van der Waals surface area contributed by atoms with Crippen molar-refractivity contribution in [3.8, 4) is 5.69 Å². The van der Waals surface area contributed by atoms with Crippen molar-refractivity contribution in [3.63, 3.8) is 0 Å². The lowest BCUT2D eigenvalue weighted by Crippen LogP contribution is -2.55. The van der Waals surface area contributed by atoms with Crippen LogP contribution in [-0.4, -0.2) is 63.0 Å². The first kappa shape index (κ1) is 17.7. The fourth-order valence-corrected chi connectivity index (χ4v) is 4.88. The minimum absolute atomic E-state index is 0.262. The Morgan fingerprint density at radius 2 is 2.12 bits per heavy atom. The molecule has 140 valence electrons. The highest BCUT2D eigenvalue weighted by Crippen LogP contribution is 2.29. The lowest BCUT2D eigenvalue weighted by Gasteiger charge is -2.44. The molecule has 0 amide bonds. The molecule has 0 unspecified atom stereocenters. The number of hydrogen-bond acceptors (Lipinski definition) is 4. The summed E-state index contributed by atoms with van der Waals surface area (Å²) in [5.41, 5.74) is 5.10. The number of aliphatic hydroxyl groups excluding tert-OH is 1. The van der Waals surface area contributed by atoms with Crippen LogP contribution >= 0.6 is 0 Å². The molecule has 2 fully saturated rings.